The third kappa shape index (κ3) is 2.23. The Labute approximate surface area is 107 Å². The second-order valence-electron chi connectivity index (χ2n) is 3.65. The molecule has 7 heteroatoms. The maximum atomic E-state index is 11.3. The second kappa shape index (κ2) is 4.58. The van der Waals surface area contributed by atoms with Crippen molar-refractivity contribution < 1.29 is 4.92 Å². The van der Waals surface area contributed by atoms with Gasteiger partial charge in [0.1, 0.15) is 11.3 Å². The summed E-state index contributed by atoms with van der Waals surface area (Å²) in [4.78, 5) is 25.3. The van der Waals surface area contributed by atoms with Gasteiger partial charge in [-0.05, 0) is 12.1 Å². The van der Waals surface area contributed by atoms with E-state index in [1.807, 2.05) is 0 Å². The molecule has 0 saturated carbocycles. The van der Waals surface area contributed by atoms with E-state index in [0.717, 1.165) is 6.20 Å². The third-order valence-corrected chi connectivity index (χ3v) is 2.65. The number of nitrogens with zero attached hydrogens (tertiary/aromatic N) is 3. The van der Waals surface area contributed by atoms with Crippen LogP contribution in [-0.2, 0) is 7.05 Å². The first-order valence-corrected chi connectivity index (χ1v) is 5.34. The van der Waals surface area contributed by atoms with Crippen LogP contribution in [0.1, 0.15) is 0 Å². The summed E-state index contributed by atoms with van der Waals surface area (Å²) in [6, 6.07) is 4.26. The zero-order valence-corrected chi connectivity index (χ0v) is 10.1. The predicted molar refractivity (Wildman–Crippen MR) is 66.6 cm³/mol. The van der Waals surface area contributed by atoms with Crippen molar-refractivity contribution in [3.05, 3.63) is 56.2 Å². The Morgan fingerprint density at radius 1 is 1.44 bits per heavy atom. The van der Waals surface area contributed by atoms with Crippen LogP contribution in [0.25, 0.3) is 11.1 Å². The van der Waals surface area contributed by atoms with Crippen molar-refractivity contribution in [1.29, 1.82) is 0 Å². The van der Waals surface area contributed by atoms with Crippen LogP contribution < -0.4 is 5.56 Å². The number of halogens is 1. The molecule has 6 nitrogen and oxygen atoms in total. The molecule has 0 unspecified atom stereocenters. The predicted octanol–water partition coefficient (Wildman–Crippen LogP) is 2.01. The highest BCUT2D eigenvalue weighted by atomic mass is 35.5. The van der Waals surface area contributed by atoms with Gasteiger partial charge >= 0.3 is 0 Å². The van der Waals surface area contributed by atoms with Crippen molar-refractivity contribution in [3.8, 4) is 11.1 Å². The molecule has 0 amide bonds. The number of pyridine rings is 2. The van der Waals surface area contributed by atoms with Crippen LogP contribution in [0.2, 0.25) is 5.15 Å². The molecule has 2 aromatic rings. The minimum absolute atomic E-state index is 0.155. The zero-order valence-electron chi connectivity index (χ0n) is 9.33. The van der Waals surface area contributed by atoms with E-state index in [9.17, 15) is 14.9 Å². The smallest absolute Gasteiger partial charge is 0.295 e. The van der Waals surface area contributed by atoms with Crippen molar-refractivity contribution in [2.45, 2.75) is 0 Å². The molecular weight excluding hydrogens is 258 g/mol. The van der Waals surface area contributed by atoms with Gasteiger partial charge in [-0.25, -0.2) is 4.98 Å². The molecule has 2 aromatic heterocycles. The van der Waals surface area contributed by atoms with Gasteiger partial charge in [0.15, 0.2) is 0 Å². The van der Waals surface area contributed by atoms with Crippen LogP contribution in [0.5, 0.6) is 0 Å². The molecule has 0 atom stereocenters. The molecule has 0 aliphatic carbocycles. The molecule has 0 bridgehead atoms. The first-order chi connectivity index (χ1) is 8.49. The molecule has 92 valence electrons. The van der Waals surface area contributed by atoms with Gasteiger partial charge in [-0.2, -0.15) is 0 Å². The number of aryl methyl sites for hydroxylation is 1. The lowest BCUT2D eigenvalue weighted by molar-refractivity contribution is -0.384. The second-order valence-corrected chi connectivity index (χ2v) is 4.04. The maximum absolute atomic E-state index is 11.3. The minimum Gasteiger partial charge on any atom is -0.318 e. The SMILES string of the molecule is Cn1cc(-c2cc(Cl)ncc2[N+](=O)[O-])ccc1=O. The molecule has 0 N–H and O–H groups in total. The van der Waals surface area contributed by atoms with E-state index >= 15 is 0 Å². The molecule has 18 heavy (non-hydrogen) atoms. The Kier molecular flexibility index (Phi) is 3.12. The summed E-state index contributed by atoms with van der Waals surface area (Å²) in [6.07, 6.45) is 2.61. The number of aromatic nitrogens is 2. The third-order valence-electron chi connectivity index (χ3n) is 2.44. The van der Waals surface area contributed by atoms with Crippen molar-refractivity contribution in [2.24, 2.45) is 7.05 Å². The van der Waals surface area contributed by atoms with Gasteiger partial charge in [0.25, 0.3) is 5.69 Å². The van der Waals surface area contributed by atoms with Crippen molar-refractivity contribution in [3.63, 3.8) is 0 Å². The molecule has 0 radical (unpaired) electrons. The number of nitro groups is 1. The molecule has 0 aliphatic rings. The van der Waals surface area contributed by atoms with Gasteiger partial charge in [0.05, 0.1) is 10.5 Å². The van der Waals surface area contributed by atoms with Gasteiger partial charge in [-0.15, -0.1) is 0 Å². The van der Waals surface area contributed by atoms with E-state index in [-0.39, 0.29) is 16.4 Å². The lowest BCUT2D eigenvalue weighted by Gasteiger charge is -2.05. The molecule has 0 fully saturated rings. The van der Waals surface area contributed by atoms with E-state index in [0.29, 0.717) is 11.1 Å². The fourth-order valence-corrected chi connectivity index (χ4v) is 1.71. The Hall–Kier alpha value is -2.21. The summed E-state index contributed by atoms with van der Waals surface area (Å²) in [5.41, 5.74) is 0.517. The average molecular weight is 266 g/mol. The Morgan fingerprint density at radius 3 is 2.78 bits per heavy atom. The number of rotatable bonds is 2. The monoisotopic (exact) mass is 265 g/mol. The van der Waals surface area contributed by atoms with Crippen LogP contribution in [0.4, 0.5) is 5.69 Å². The minimum atomic E-state index is -0.538. The molecule has 0 spiro atoms. The highest BCUT2D eigenvalue weighted by Crippen LogP contribution is 2.30. The van der Waals surface area contributed by atoms with Crippen molar-refractivity contribution in [1.82, 2.24) is 9.55 Å². The highest BCUT2D eigenvalue weighted by molar-refractivity contribution is 6.29. The van der Waals surface area contributed by atoms with E-state index in [2.05, 4.69) is 4.98 Å². The highest BCUT2D eigenvalue weighted by Gasteiger charge is 2.16. The summed E-state index contributed by atoms with van der Waals surface area (Å²) in [7, 11) is 1.57. The van der Waals surface area contributed by atoms with E-state index in [1.165, 1.54) is 29.0 Å². The van der Waals surface area contributed by atoms with Crippen molar-refractivity contribution in [2.75, 3.05) is 0 Å². The topological polar surface area (TPSA) is 78.0 Å². The lowest BCUT2D eigenvalue weighted by atomic mass is 10.1. The maximum Gasteiger partial charge on any atom is 0.295 e. The van der Waals surface area contributed by atoms with Crippen LogP contribution in [0.3, 0.4) is 0 Å². The van der Waals surface area contributed by atoms with Gasteiger partial charge in [0.2, 0.25) is 5.56 Å². The van der Waals surface area contributed by atoms with Gasteiger partial charge in [0, 0.05) is 24.9 Å². The average Bonchev–Trinajstić information content (AvgIpc) is 2.32. The first kappa shape index (κ1) is 12.3. The largest absolute Gasteiger partial charge is 0.318 e. The first-order valence-electron chi connectivity index (χ1n) is 4.96. The summed E-state index contributed by atoms with van der Waals surface area (Å²) in [6.45, 7) is 0. The Bertz CT molecular complexity index is 681. The van der Waals surface area contributed by atoms with E-state index in [1.54, 1.807) is 7.05 Å². The van der Waals surface area contributed by atoms with E-state index < -0.39 is 4.92 Å². The van der Waals surface area contributed by atoms with Crippen LogP contribution in [0.15, 0.2) is 35.4 Å². The standard InChI is InChI=1S/C11H8ClN3O3/c1-14-6-7(2-3-11(14)16)8-4-10(12)13-5-9(8)15(17)18/h2-6H,1H3. The molecule has 2 rings (SSSR count). The van der Waals surface area contributed by atoms with Crippen LogP contribution in [0, 0.1) is 10.1 Å². The van der Waals surface area contributed by atoms with Crippen LogP contribution in [-0.4, -0.2) is 14.5 Å². The molecular formula is C11H8ClN3O3. The quantitative estimate of drug-likeness (QED) is 0.473. The molecule has 0 saturated heterocycles. The van der Waals surface area contributed by atoms with Gasteiger partial charge in [-0.3, -0.25) is 14.9 Å². The molecule has 2 heterocycles. The fourth-order valence-electron chi connectivity index (χ4n) is 1.55. The van der Waals surface area contributed by atoms with Crippen LogP contribution >= 0.6 is 11.6 Å². The lowest BCUT2D eigenvalue weighted by Crippen LogP contribution is -2.14. The normalized spacial score (nSPS) is 10.3. The zero-order chi connectivity index (χ0) is 13.3. The molecule has 0 aliphatic heterocycles. The number of hydrogen-bond donors (Lipinski definition) is 0. The Morgan fingerprint density at radius 2 is 2.17 bits per heavy atom. The van der Waals surface area contributed by atoms with Gasteiger partial charge in [-0.1, -0.05) is 11.6 Å². The van der Waals surface area contributed by atoms with Crippen molar-refractivity contribution >= 4 is 17.3 Å². The Balaban J connectivity index is 2.69. The summed E-state index contributed by atoms with van der Waals surface area (Å²) >= 11 is 5.74. The summed E-state index contributed by atoms with van der Waals surface area (Å²) < 4.78 is 1.34. The number of hydrogen-bond acceptors (Lipinski definition) is 4. The summed E-state index contributed by atoms with van der Waals surface area (Å²) in [5, 5.41) is 11.1. The van der Waals surface area contributed by atoms with E-state index in [4.69, 9.17) is 11.6 Å². The molecule has 0 aromatic carbocycles. The summed E-state index contributed by atoms with van der Waals surface area (Å²) in [5.74, 6) is 0. The fraction of sp³-hybridized carbons (Fsp3) is 0.0909. The van der Waals surface area contributed by atoms with Gasteiger partial charge < -0.3 is 4.57 Å².